The molecule has 0 unspecified atom stereocenters. The molecule has 0 fully saturated rings. The normalized spacial score (nSPS) is 10.1. The first-order valence-corrected chi connectivity index (χ1v) is 6.66. The second-order valence-corrected chi connectivity index (χ2v) is 5.12. The van der Waals surface area contributed by atoms with Crippen LogP contribution in [-0.4, -0.2) is 6.09 Å². The first kappa shape index (κ1) is 13.6. The minimum atomic E-state index is -0.501. The van der Waals surface area contributed by atoms with Crippen molar-refractivity contribution in [2.45, 2.75) is 13.8 Å². The van der Waals surface area contributed by atoms with E-state index in [1.54, 1.807) is 12.1 Å². The number of aryl methyl sites for hydroxylation is 2. The maximum atomic E-state index is 11.8. The highest BCUT2D eigenvalue weighted by molar-refractivity contribution is 9.10. The fourth-order valence-corrected chi connectivity index (χ4v) is 2.57. The molecule has 0 saturated carbocycles. The SMILES string of the molecule is Cc1cc(C)c(NC(=O)Oc2ccccc2)c(Br)c1. The number of benzene rings is 2. The maximum Gasteiger partial charge on any atom is 0.417 e. The van der Waals surface area contributed by atoms with E-state index in [9.17, 15) is 4.79 Å². The Labute approximate surface area is 120 Å². The molecule has 0 aliphatic rings. The van der Waals surface area contributed by atoms with E-state index in [0.717, 1.165) is 21.3 Å². The molecule has 0 bridgehead atoms. The molecular weight excluding hydrogens is 306 g/mol. The third-order valence-corrected chi connectivity index (χ3v) is 3.24. The molecule has 0 heterocycles. The minimum Gasteiger partial charge on any atom is -0.410 e. The molecule has 0 aliphatic heterocycles. The molecule has 2 rings (SSSR count). The van der Waals surface area contributed by atoms with E-state index >= 15 is 0 Å². The highest BCUT2D eigenvalue weighted by atomic mass is 79.9. The fourth-order valence-electron chi connectivity index (χ4n) is 1.80. The fraction of sp³-hybridized carbons (Fsp3) is 0.133. The van der Waals surface area contributed by atoms with Crippen LogP contribution in [0.3, 0.4) is 0 Å². The van der Waals surface area contributed by atoms with Gasteiger partial charge in [0.1, 0.15) is 5.75 Å². The summed E-state index contributed by atoms with van der Waals surface area (Å²) in [7, 11) is 0. The van der Waals surface area contributed by atoms with Crippen molar-refractivity contribution in [2.24, 2.45) is 0 Å². The van der Waals surface area contributed by atoms with Crippen LogP contribution in [0.25, 0.3) is 0 Å². The summed E-state index contributed by atoms with van der Waals surface area (Å²) in [5.74, 6) is 0.515. The Bertz CT molecular complexity index is 573. The van der Waals surface area contributed by atoms with Crippen LogP contribution in [0.2, 0.25) is 0 Å². The number of para-hydroxylation sites is 1. The smallest absolute Gasteiger partial charge is 0.410 e. The van der Waals surface area contributed by atoms with E-state index in [2.05, 4.69) is 21.2 Å². The second kappa shape index (κ2) is 5.89. The summed E-state index contributed by atoms with van der Waals surface area (Å²) in [6.07, 6.45) is -0.501. The lowest BCUT2D eigenvalue weighted by atomic mass is 10.1. The molecule has 0 spiro atoms. The minimum absolute atomic E-state index is 0.501. The molecule has 0 saturated heterocycles. The van der Waals surface area contributed by atoms with Gasteiger partial charge < -0.3 is 4.74 Å². The number of ether oxygens (including phenoxy) is 1. The van der Waals surface area contributed by atoms with Crippen LogP contribution in [0.5, 0.6) is 5.75 Å². The third kappa shape index (κ3) is 3.58. The summed E-state index contributed by atoms with van der Waals surface area (Å²) in [5, 5.41) is 2.75. The number of hydrogen-bond acceptors (Lipinski definition) is 2. The summed E-state index contributed by atoms with van der Waals surface area (Å²) >= 11 is 3.44. The van der Waals surface area contributed by atoms with Crippen LogP contribution >= 0.6 is 15.9 Å². The van der Waals surface area contributed by atoms with Crippen LogP contribution in [0.1, 0.15) is 11.1 Å². The lowest BCUT2D eigenvalue weighted by molar-refractivity contribution is 0.215. The molecule has 4 heteroatoms. The Balaban J connectivity index is 2.12. The van der Waals surface area contributed by atoms with Crippen LogP contribution in [0.15, 0.2) is 46.9 Å². The molecule has 98 valence electrons. The summed E-state index contributed by atoms with van der Waals surface area (Å²) in [6, 6.07) is 12.9. The predicted molar refractivity (Wildman–Crippen MR) is 79.7 cm³/mol. The van der Waals surface area contributed by atoms with Crippen molar-refractivity contribution in [1.29, 1.82) is 0 Å². The van der Waals surface area contributed by atoms with Crippen LogP contribution in [-0.2, 0) is 0 Å². The van der Waals surface area contributed by atoms with E-state index < -0.39 is 6.09 Å². The summed E-state index contributed by atoms with van der Waals surface area (Å²) in [6.45, 7) is 3.94. The molecule has 1 N–H and O–H groups in total. The first-order valence-electron chi connectivity index (χ1n) is 5.87. The van der Waals surface area contributed by atoms with Crippen LogP contribution in [0.4, 0.5) is 10.5 Å². The Hall–Kier alpha value is -1.81. The lowest BCUT2D eigenvalue weighted by Gasteiger charge is -2.11. The van der Waals surface area contributed by atoms with E-state index in [1.165, 1.54) is 0 Å². The van der Waals surface area contributed by atoms with Gasteiger partial charge >= 0.3 is 6.09 Å². The zero-order valence-electron chi connectivity index (χ0n) is 10.7. The molecule has 19 heavy (non-hydrogen) atoms. The molecule has 3 nitrogen and oxygen atoms in total. The van der Waals surface area contributed by atoms with Gasteiger partial charge in [-0.3, -0.25) is 5.32 Å². The van der Waals surface area contributed by atoms with Gasteiger partial charge in [-0.2, -0.15) is 0 Å². The highest BCUT2D eigenvalue weighted by Gasteiger charge is 2.10. The Morgan fingerprint density at radius 3 is 2.47 bits per heavy atom. The Kier molecular flexibility index (Phi) is 4.22. The number of anilines is 1. The van der Waals surface area contributed by atoms with Gasteiger partial charge in [0.05, 0.1) is 5.69 Å². The number of rotatable bonds is 2. The molecule has 0 aromatic heterocycles. The van der Waals surface area contributed by atoms with Gasteiger partial charge in [0.15, 0.2) is 0 Å². The van der Waals surface area contributed by atoms with Crippen molar-refractivity contribution < 1.29 is 9.53 Å². The van der Waals surface area contributed by atoms with Crippen molar-refractivity contribution in [3.8, 4) is 5.75 Å². The zero-order chi connectivity index (χ0) is 13.8. The first-order chi connectivity index (χ1) is 9.06. The van der Waals surface area contributed by atoms with Gasteiger partial charge in [-0.05, 0) is 59.1 Å². The molecule has 2 aromatic carbocycles. The monoisotopic (exact) mass is 319 g/mol. The molecule has 1 amide bonds. The number of halogens is 1. The van der Waals surface area contributed by atoms with Gasteiger partial charge in [0.2, 0.25) is 0 Å². The van der Waals surface area contributed by atoms with E-state index in [-0.39, 0.29) is 0 Å². The largest absolute Gasteiger partial charge is 0.417 e. The topological polar surface area (TPSA) is 38.3 Å². The van der Waals surface area contributed by atoms with Crippen molar-refractivity contribution in [3.63, 3.8) is 0 Å². The molecule has 0 radical (unpaired) electrons. The average molecular weight is 320 g/mol. The van der Waals surface area contributed by atoms with E-state index in [1.807, 2.05) is 44.2 Å². The molecule has 0 atom stereocenters. The van der Waals surface area contributed by atoms with Crippen molar-refractivity contribution in [3.05, 3.63) is 58.1 Å². The summed E-state index contributed by atoms with van der Waals surface area (Å²) in [5.41, 5.74) is 2.84. The average Bonchev–Trinajstić information content (AvgIpc) is 2.35. The van der Waals surface area contributed by atoms with Crippen LogP contribution in [0, 0.1) is 13.8 Å². The number of nitrogens with one attached hydrogen (secondary N) is 1. The van der Waals surface area contributed by atoms with Gasteiger partial charge in [0.25, 0.3) is 0 Å². The van der Waals surface area contributed by atoms with Gasteiger partial charge in [0, 0.05) is 4.47 Å². The van der Waals surface area contributed by atoms with Crippen molar-refractivity contribution in [1.82, 2.24) is 0 Å². The number of carbonyl (C=O) groups is 1. The predicted octanol–water partition coefficient (Wildman–Crippen LogP) is 4.68. The van der Waals surface area contributed by atoms with Crippen LogP contribution < -0.4 is 10.1 Å². The molecular formula is C15H14BrNO2. The molecule has 2 aromatic rings. The van der Waals surface area contributed by atoms with Gasteiger partial charge in [-0.25, -0.2) is 4.79 Å². The van der Waals surface area contributed by atoms with E-state index in [0.29, 0.717) is 5.75 Å². The Morgan fingerprint density at radius 1 is 1.16 bits per heavy atom. The van der Waals surface area contributed by atoms with Gasteiger partial charge in [-0.15, -0.1) is 0 Å². The van der Waals surface area contributed by atoms with E-state index in [4.69, 9.17) is 4.74 Å². The highest BCUT2D eigenvalue weighted by Crippen LogP contribution is 2.28. The second-order valence-electron chi connectivity index (χ2n) is 4.27. The standard InChI is InChI=1S/C15H14BrNO2/c1-10-8-11(2)14(13(16)9-10)17-15(18)19-12-6-4-3-5-7-12/h3-9H,1-2H3,(H,17,18). The number of carbonyl (C=O) groups excluding carboxylic acids is 1. The quantitative estimate of drug-likeness (QED) is 0.873. The summed E-state index contributed by atoms with van der Waals surface area (Å²) < 4.78 is 6.03. The maximum absolute atomic E-state index is 11.8. The van der Waals surface area contributed by atoms with Crippen molar-refractivity contribution >= 4 is 27.7 Å². The zero-order valence-corrected chi connectivity index (χ0v) is 12.3. The number of hydrogen-bond donors (Lipinski definition) is 1. The van der Waals surface area contributed by atoms with Gasteiger partial charge in [-0.1, -0.05) is 24.3 Å². The third-order valence-electron chi connectivity index (χ3n) is 2.61. The summed E-state index contributed by atoms with van der Waals surface area (Å²) in [4.78, 5) is 11.8. The molecule has 0 aliphatic carbocycles. The lowest BCUT2D eigenvalue weighted by Crippen LogP contribution is -2.17. The number of amides is 1. The van der Waals surface area contributed by atoms with Crippen molar-refractivity contribution in [2.75, 3.05) is 5.32 Å². The Morgan fingerprint density at radius 2 is 1.84 bits per heavy atom.